The summed E-state index contributed by atoms with van der Waals surface area (Å²) in [6.07, 6.45) is 5.13. The van der Waals surface area contributed by atoms with E-state index in [9.17, 15) is 4.79 Å². The van der Waals surface area contributed by atoms with Crippen molar-refractivity contribution >= 4 is 11.6 Å². The molecule has 1 amide bonds. The number of rotatable bonds is 6. The van der Waals surface area contributed by atoms with Gasteiger partial charge in [0.05, 0.1) is 6.54 Å². The van der Waals surface area contributed by atoms with Crippen molar-refractivity contribution in [2.24, 2.45) is 5.92 Å². The van der Waals surface area contributed by atoms with Gasteiger partial charge in [0.1, 0.15) is 0 Å². The van der Waals surface area contributed by atoms with Crippen LogP contribution in [0.1, 0.15) is 25.7 Å². The number of nitrogens with one attached hydrogen (secondary N) is 2. The zero-order valence-electron chi connectivity index (χ0n) is 12.6. The van der Waals surface area contributed by atoms with Crippen LogP contribution in [-0.2, 0) is 4.79 Å². The number of likely N-dealkylation sites (tertiary alicyclic amines) is 1. The fraction of sp³-hybridized carbons (Fsp3) is 0.588. The van der Waals surface area contributed by atoms with E-state index in [1.54, 1.807) is 0 Å². The Labute approximate surface area is 126 Å². The molecule has 2 fully saturated rings. The highest BCUT2D eigenvalue weighted by atomic mass is 16.2. The number of carbonyl (C=O) groups is 1. The minimum atomic E-state index is 0.0933. The highest BCUT2D eigenvalue weighted by Gasteiger charge is 2.24. The lowest BCUT2D eigenvalue weighted by atomic mass is 9.97. The van der Waals surface area contributed by atoms with Crippen molar-refractivity contribution in [3.63, 3.8) is 0 Å². The summed E-state index contributed by atoms with van der Waals surface area (Å²) in [6.45, 7) is 3.75. The second kappa shape index (κ2) is 7.05. The lowest BCUT2D eigenvalue weighted by molar-refractivity contribution is -0.117. The van der Waals surface area contributed by atoms with E-state index in [-0.39, 0.29) is 5.91 Å². The number of amides is 1. The molecular formula is C17H25N3O. The van der Waals surface area contributed by atoms with Crippen LogP contribution in [0.3, 0.4) is 0 Å². The van der Waals surface area contributed by atoms with Gasteiger partial charge in [-0.25, -0.2) is 0 Å². The molecule has 0 aromatic heterocycles. The zero-order valence-corrected chi connectivity index (χ0v) is 12.6. The first kappa shape index (κ1) is 14.5. The Bertz CT molecular complexity index is 450. The van der Waals surface area contributed by atoms with Crippen molar-refractivity contribution < 1.29 is 4.79 Å². The second-order valence-corrected chi connectivity index (χ2v) is 6.32. The van der Waals surface area contributed by atoms with Gasteiger partial charge in [-0.15, -0.1) is 0 Å². The fourth-order valence-corrected chi connectivity index (χ4v) is 2.89. The summed E-state index contributed by atoms with van der Waals surface area (Å²) in [5.74, 6) is 0.884. The summed E-state index contributed by atoms with van der Waals surface area (Å²) < 4.78 is 0. The number of anilines is 1. The fourth-order valence-electron chi connectivity index (χ4n) is 2.89. The van der Waals surface area contributed by atoms with Crippen LogP contribution in [0.5, 0.6) is 0 Å². The minimum absolute atomic E-state index is 0.0933. The normalized spacial score (nSPS) is 20.4. The molecule has 0 bridgehead atoms. The molecular weight excluding hydrogens is 262 g/mol. The lowest BCUT2D eigenvalue weighted by Crippen LogP contribution is -2.41. The topological polar surface area (TPSA) is 44.4 Å². The van der Waals surface area contributed by atoms with E-state index in [0.29, 0.717) is 6.54 Å². The highest BCUT2D eigenvalue weighted by Crippen LogP contribution is 2.21. The molecule has 0 spiro atoms. The van der Waals surface area contributed by atoms with E-state index < -0.39 is 0 Å². The predicted molar refractivity (Wildman–Crippen MR) is 85.3 cm³/mol. The maximum atomic E-state index is 12.0. The summed E-state index contributed by atoms with van der Waals surface area (Å²) in [7, 11) is 0. The van der Waals surface area contributed by atoms with Crippen molar-refractivity contribution in [2.45, 2.75) is 31.7 Å². The molecule has 0 unspecified atom stereocenters. The van der Waals surface area contributed by atoms with E-state index in [1.807, 2.05) is 30.3 Å². The van der Waals surface area contributed by atoms with Crippen molar-refractivity contribution in [2.75, 3.05) is 31.5 Å². The van der Waals surface area contributed by atoms with Gasteiger partial charge in [-0.1, -0.05) is 18.2 Å². The number of piperidine rings is 1. The van der Waals surface area contributed by atoms with Crippen LogP contribution in [0.4, 0.5) is 5.69 Å². The van der Waals surface area contributed by atoms with Crippen molar-refractivity contribution in [1.29, 1.82) is 0 Å². The molecule has 1 saturated heterocycles. The molecule has 114 valence electrons. The van der Waals surface area contributed by atoms with Gasteiger partial charge < -0.3 is 10.6 Å². The Kier molecular flexibility index (Phi) is 4.88. The number of carbonyl (C=O) groups excluding carboxylic acids is 1. The van der Waals surface area contributed by atoms with Crippen LogP contribution in [0.15, 0.2) is 30.3 Å². The van der Waals surface area contributed by atoms with E-state index in [4.69, 9.17) is 0 Å². The molecule has 2 N–H and O–H groups in total. The molecule has 1 aliphatic heterocycles. The number of benzene rings is 1. The highest BCUT2D eigenvalue weighted by molar-refractivity contribution is 5.92. The molecule has 21 heavy (non-hydrogen) atoms. The second-order valence-electron chi connectivity index (χ2n) is 6.32. The van der Waals surface area contributed by atoms with Crippen LogP contribution in [0.2, 0.25) is 0 Å². The number of hydrogen-bond acceptors (Lipinski definition) is 3. The van der Waals surface area contributed by atoms with E-state index in [0.717, 1.165) is 37.3 Å². The number of hydrogen-bond donors (Lipinski definition) is 2. The van der Waals surface area contributed by atoms with Crippen molar-refractivity contribution in [3.05, 3.63) is 30.3 Å². The average Bonchev–Trinajstić information content (AvgIpc) is 3.32. The molecule has 1 aromatic carbocycles. The summed E-state index contributed by atoms with van der Waals surface area (Å²) in [6, 6.07) is 10.5. The van der Waals surface area contributed by atoms with Gasteiger partial charge in [0.25, 0.3) is 0 Å². The largest absolute Gasteiger partial charge is 0.325 e. The Hall–Kier alpha value is -1.39. The minimum Gasteiger partial charge on any atom is -0.325 e. The Morgan fingerprint density at radius 3 is 2.48 bits per heavy atom. The van der Waals surface area contributed by atoms with Gasteiger partial charge in [-0.2, -0.15) is 0 Å². The molecule has 1 heterocycles. The maximum Gasteiger partial charge on any atom is 0.238 e. The third-order valence-corrected chi connectivity index (χ3v) is 4.40. The Morgan fingerprint density at radius 1 is 1.10 bits per heavy atom. The molecule has 1 aromatic rings. The molecule has 1 saturated carbocycles. The molecule has 0 atom stereocenters. The third kappa shape index (κ3) is 4.83. The number of nitrogens with zero attached hydrogens (tertiary/aromatic N) is 1. The van der Waals surface area contributed by atoms with Gasteiger partial charge in [0, 0.05) is 11.7 Å². The van der Waals surface area contributed by atoms with Crippen LogP contribution >= 0.6 is 0 Å². The van der Waals surface area contributed by atoms with Gasteiger partial charge in [-0.3, -0.25) is 9.69 Å². The van der Waals surface area contributed by atoms with Crippen LogP contribution in [0, 0.1) is 5.92 Å². The zero-order chi connectivity index (χ0) is 14.5. The van der Waals surface area contributed by atoms with Gasteiger partial charge >= 0.3 is 0 Å². The van der Waals surface area contributed by atoms with Crippen LogP contribution < -0.4 is 10.6 Å². The monoisotopic (exact) mass is 287 g/mol. The molecule has 0 radical (unpaired) electrons. The van der Waals surface area contributed by atoms with Crippen LogP contribution in [-0.4, -0.2) is 43.0 Å². The summed E-state index contributed by atoms with van der Waals surface area (Å²) in [5.41, 5.74) is 0.881. The van der Waals surface area contributed by atoms with Crippen molar-refractivity contribution in [1.82, 2.24) is 10.2 Å². The smallest absolute Gasteiger partial charge is 0.238 e. The molecule has 2 aliphatic rings. The first-order valence-electron chi connectivity index (χ1n) is 8.10. The van der Waals surface area contributed by atoms with E-state index >= 15 is 0 Å². The summed E-state index contributed by atoms with van der Waals surface area (Å²) >= 11 is 0. The first-order valence-corrected chi connectivity index (χ1v) is 8.10. The van der Waals surface area contributed by atoms with Gasteiger partial charge in [0.15, 0.2) is 0 Å². The molecule has 4 heteroatoms. The quantitative estimate of drug-likeness (QED) is 0.842. The Balaban J connectivity index is 1.35. The van der Waals surface area contributed by atoms with E-state index in [2.05, 4.69) is 15.5 Å². The van der Waals surface area contributed by atoms with Gasteiger partial charge in [-0.05, 0) is 63.4 Å². The summed E-state index contributed by atoms with van der Waals surface area (Å²) in [4.78, 5) is 14.3. The average molecular weight is 287 g/mol. The standard InChI is InChI=1S/C17H25N3O/c21-17(19-16-4-2-1-3-5-16)13-20-10-8-14(9-11-20)12-18-15-6-7-15/h1-5,14-15,18H,6-13H2,(H,19,21). The number of para-hydroxylation sites is 1. The summed E-state index contributed by atoms with van der Waals surface area (Å²) in [5, 5.41) is 6.57. The first-order chi connectivity index (χ1) is 10.3. The molecule has 3 rings (SSSR count). The third-order valence-electron chi connectivity index (χ3n) is 4.40. The van der Waals surface area contributed by atoms with Crippen molar-refractivity contribution in [3.8, 4) is 0 Å². The van der Waals surface area contributed by atoms with Crippen LogP contribution in [0.25, 0.3) is 0 Å². The molecule has 1 aliphatic carbocycles. The maximum absolute atomic E-state index is 12.0. The lowest BCUT2D eigenvalue weighted by Gasteiger charge is -2.31. The predicted octanol–water partition coefficient (Wildman–Crippen LogP) is 2.09. The van der Waals surface area contributed by atoms with Gasteiger partial charge in [0.2, 0.25) is 5.91 Å². The van der Waals surface area contributed by atoms with E-state index in [1.165, 1.54) is 25.7 Å². The Morgan fingerprint density at radius 2 is 1.81 bits per heavy atom. The molecule has 4 nitrogen and oxygen atoms in total. The SMILES string of the molecule is O=C(CN1CCC(CNC2CC2)CC1)Nc1ccccc1.